The number of aryl methyl sites for hydroxylation is 2. The summed E-state index contributed by atoms with van der Waals surface area (Å²) in [6.45, 7) is 11.8. The second-order valence-electron chi connectivity index (χ2n) is 9.26. The molecule has 0 saturated carbocycles. The van der Waals surface area contributed by atoms with Crippen molar-refractivity contribution < 1.29 is 14.6 Å². The number of benzene rings is 2. The summed E-state index contributed by atoms with van der Waals surface area (Å²) in [5.41, 5.74) is 4.13. The van der Waals surface area contributed by atoms with Crippen molar-refractivity contribution in [3.63, 3.8) is 0 Å². The standard InChI is InChI=1S/C28H39N3O3/c1-7-22(5)31(17-24(32)19-33-20(2)3)18-26-27(23-11-9-8-10-12-23)29-30(6)28(26)34-25-15-13-21(4)14-16-25/h8-16,20,22,24,32H,7,17-19H2,1-6H3/t22-,24-/m1/s1. The van der Waals surface area contributed by atoms with Crippen molar-refractivity contribution in [2.75, 3.05) is 13.2 Å². The SMILES string of the molecule is CC[C@@H](C)N(Cc1c(-c2ccccc2)nn(C)c1Oc1ccc(C)cc1)C[C@@H](O)COC(C)C. The van der Waals surface area contributed by atoms with Crippen molar-refractivity contribution in [2.45, 2.75) is 65.8 Å². The molecule has 1 N–H and O–H groups in total. The smallest absolute Gasteiger partial charge is 0.222 e. The quantitative estimate of drug-likeness (QED) is 0.379. The van der Waals surface area contributed by atoms with Gasteiger partial charge in [-0.3, -0.25) is 4.90 Å². The molecule has 0 aliphatic rings. The third-order valence-electron chi connectivity index (χ3n) is 6.01. The van der Waals surface area contributed by atoms with Gasteiger partial charge in [-0.1, -0.05) is 55.0 Å². The van der Waals surface area contributed by atoms with Gasteiger partial charge in [0.05, 0.1) is 24.4 Å². The average Bonchev–Trinajstić information content (AvgIpc) is 3.13. The van der Waals surface area contributed by atoms with Crippen LogP contribution in [0.5, 0.6) is 11.6 Å². The van der Waals surface area contributed by atoms with E-state index in [1.165, 1.54) is 5.56 Å². The molecule has 3 aromatic rings. The van der Waals surface area contributed by atoms with Crippen molar-refractivity contribution in [1.82, 2.24) is 14.7 Å². The lowest BCUT2D eigenvalue weighted by Gasteiger charge is -2.31. The number of aromatic nitrogens is 2. The van der Waals surface area contributed by atoms with E-state index in [2.05, 4.69) is 37.8 Å². The second kappa shape index (κ2) is 12.2. The van der Waals surface area contributed by atoms with Crippen molar-refractivity contribution >= 4 is 0 Å². The van der Waals surface area contributed by atoms with Crippen LogP contribution in [0.4, 0.5) is 0 Å². The lowest BCUT2D eigenvalue weighted by molar-refractivity contribution is -0.0149. The molecule has 34 heavy (non-hydrogen) atoms. The zero-order valence-corrected chi connectivity index (χ0v) is 21.4. The van der Waals surface area contributed by atoms with Crippen LogP contribution in [-0.4, -0.2) is 51.2 Å². The highest BCUT2D eigenvalue weighted by Gasteiger charge is 2.25. The normalized spacial score (nSPS) is 13.4. The highest BCUT2D eigenvalue weighted by atomic mass is 16.5. The van der Waals surface area contributed by atoms with E-state index in [9.17, 15) is 5.11 Å². The zero-order valence-electron chi connectivity index (χ0n) is 21.4. The largest absolute Gasteiger partial charge is 0.439 e. The fourth-order valence-electron chi connectivity index (χ4n) is 3.86. The summed E-state index contributed by atoms with van der Waals surface area (Å²) in [7, 11) is 1.92. The molecule has 0 aliphatic heterocycles. The van der Waals surface area contributed by atoms with Gasteiger partial charge in [-0.25, -0.2) is 4.68 Å². The van der Waals surface area contributed by atoms with Crippen molar-refractivity contribution in [1.29, 1.82) is 0 Å². The molecule has 0 unspecified atom stereocenters. The Balaban J connectivity index is 1.97. The van der Waals surface area contributed by atoms with Crippen LogP contribution in [0.2, 0.25) is 0 Å². The summed E-state index contributed by atoms with van der Waals surface area (Å²) in [6.07, 6.45) is 0.478. The second-order valence-corrected chi connectivity index (χ2v) is 9.26. The van der Waals surface area contributed by atoms with Gasteiger partial charge < -0.3 is 14.6 Å². The first-order valence-electron chi connectivity index (χ1n) is 12.2. The van der Waals surface area contributed by atoms with Crippen molar-refractivity contribution in [3.8, 4) is 22.9 Å². The number of hydrogen-bond donors (Lipinski definition) is 1. The van der Waals surface area contributed by atoms with Crippen LogP contribution in [0.3, 0.4) is 0 Å². The molecule has 6 nitrogen and oxygen atoms in total. The van der Waals surface area contributed by atoms with E-state index in [1.54, 1.807) is 0 Å². The van der Waals surface area contributed by atoms with E-state index in [-0.39, 0.29) is 12.1 Å². The Morgan fingerprint density at radius 2 is 1.71 bits per heavy atom. The van der Waals surface area contributed by atoms with Crippen LogP contribution in [0, 0.1) is 6.92 Å². The molecule has 0 amide bonds. The van der Waals surface area contributed by atoms with Crippen LogP contribution in [-0.2, 0) is 18.3 Å². The molecule has 0 bridgehead atoms. The van der Waals surface area contributed by atoms with Gasteiger partial charge >= 0.3 is 0 Å². The summed E-state index contributed by atoms with van der Waals surface area (Å²) in [6, 6.07) is 18.5. The molecule has 0 fully saturated rings. The van der Waals surface area contributed by atoms with Crippen LogP contribution in [0.1, 0.15) is 45.2 Å². The van der Waals surface area contributed by atoms with Crippen LogP contribution in [0.15, 0.2) is 54.6 Å². The molecule has 184 valence electrons. The molecule has 0 spiro atoms. The Hall–Kier alpha value is -2.67. The third kappa shape index (κ3) is 6.92. The highest BCUT2D eigenvalue weighted by Crippen LogP contribution is 2.34. The maximum atomic E-state index is 10.7. The van der Waals surface area contributed by atoms with Gasteiger partial charge in [-0.05, 0) is 46.2 Å². The topological polar surface area (TPSA) is 59.8 Å². The van der Waals surface area contributed by atoms with Gasteiger partial charge in [0.25, 0.3) is 0 Å². The van der Waals surface area contributed by atoms with Gasteiger partial charge in [0.1, 0.15) is 11.4 Å². The Kier molecular flexibility index (Phi) is 9.28. The Labute approximate surface area is 204 Å². The van der Waals surface area contributed by atoms with E-state index in [4.69, 9.17) is 14.6 Å². The molecule has 0 radical (unpaired) electrons. The van der Waals surface area contributed by atoms with E-state index in [0.29, 0.717) is 25.6 Å². The van der Waals surface area contributed by atoms with Crippen molar-refractivity contribution in [3.05, 3.63) is 65.7 Å². The van der Waals surface area contributed by atoms with Gasteiger partial charge in [0.15, 0.2) is 0 Å². The molecule has 0 saturated heterocycles. The Morgan fingerprint density at radius 3 is 2.32 bits per heavy atom. The van der Waals surface area contributed by atoms with Crippen molar-refractivity contribution in [2.24, 2.45) is 7.05 Å². The van der Waals surface area contributed by atoms with Gasteiger partial charge in [-0.2, -0.15) is 5.10 Å². The van der Waals surface area contributed by atoms with Crippen LogP contribution < -0.4 is 4.74 Å². The molecule has 0 aliphatic carbocycles. The van der Waals surface area contributed by atoms with Gasteiger partial charge in [0.2, 0.25) is 5.88 Å². The molecular weight excluding hydrogens is 426 g/mol. The Bertz CT molecular complexity index is 1020. The van der Waals surface area contributed by atoms with E-state index in [1.807, 2.05) is 68.0 Å². The van der Waals surface area contributed by atoms with Gasteiger partial charge in [0, 0.05) is 31.7 Å². The summed E-state index contributed by atoms with van der Waals surface area (Å²) < 4.78 is 13.9. The average molecular weight is 466 g/mol. The molecule has 1 aromatic heterocycles. The molecule has 1 heterocycles. The van der Waals surface area contributed by atoms with Gasteiger partial charge in [-0.15, -0.1) is 0 Å². The number of ether oxygens (including phenoxy) is 2. The first kappa shape index (κ1) is 25.9. The predicted octanol–water partition coefficient (Wildman–Crippen LogP) is 5.57. The van der Waals surface area contributed by atoms with Crippen LogP contribution >= 0.6 is 0 Å². The summed E-state index contributed by atoms with van der Waals surface area (Å²) in [5.74, 6) is 1.49. The zero-order chi connectivity index (χ0) is 24.7. The first-order valence-corrected chi connectivity index (χ1v) is 12.2. The molecule has 6 heteroatoms. The van der Waals surface area contributed by atoms with E-state index in [0.717, 1.165) is 29.0 Å². The minimum absolute atomic E-state index is 0.0872. The third-order valence-corrected chi connectivity index (χ3v) is 6.01. The highest BCUT2D eigenvalue weighted by molar-refractivity contribution is 5.65. The number of nitrogens with zero attached hydrogens (tertiary/aromatic N) is 3. The van der Waals surface area contributed by atoms with Crippen LogP contribution in [0.25, 0.3) is 11.3 Å². The van der Waals surface area contributed by atoms with E-state index >= 15 is 0 Å². The fraction of sp³-hybridized carbons (Fsp3) is 0.464. The molecule has 2 aromatic carbocycles. The first-order chi connectivity index (χ1) is 16.3. The molecular formula is C28H39N3O3. The summed E-state index contributed by atoms with van der Waals surface area (Å²) >= 11 is 0. The monoisotopic (exact) mass is 465 g/mol. The number of aliphatic hydroxyl groups is 1. The Morgan fingerprint density at radius 1 is 1.03 bits per heavy atom. The predicted molar refractivity (Wildman–Crippen MR) is 137 cm³/mol. The summed E-state index contributed by atoms with van der Waals surface area (Å²) in [5, 5.41) is 15.5. The number of rotatable bonds is 12. The molecule has 2 atom stereocenters. The lowest BCUT2D eigenvalue weighted by atomic mass is 10.1. The summed E-state index contributed by atoms with van der Waals surface area (Å²) in [4.78, 5) is 2.29. The fourth-order valence-corrected chi connectivity index (χ4v) is 3.86. The minimum atomic E-state index is -0.574. The maximum absolute atomic E-state index is 10.7. The number of aliphatic hydroxyl groups excluding tert-OH is 1. The number of hydrogen-bond acceptors (Lipinski definition) is 5. The van der Waals surface area contributed by atoms with E-state index < -0.39 is 6.10 Å². The minimum Gasteiger partial charge on any atom is -0.439 e. The molecule has 3 rings (SSSR count). The maximum Gasteiger partial charge on any atom is 0.222 e. The lowest BCUT2D eigenvalue weighted by Crippen LogP contribution is -2.40.